The van der Waals surface area contributed by atoms with E-state index in [1.807, 2.05) is 34.9 Å². The van der Waals surface area contributed by atoms with Gasteiger partial charge in [0.15, 0.2) is 0 Å². The fourth-order valence-electron chi connectivity index (χ4n) is 6.54. The number of likely N-dealkylation sites (tertiary alicyclic amines) is 2. The first-order valence-electron chi connectivity index (χ1n) is 14.5. The second-order valence-electron chi connectivity index (χ2n) is 11.7. The van der Waals surface area contributed by atoms with Gasteiger partial charge in [-0.05, 0) is 81.3 Å². The summed E-state index contributed by atoms with van der Waals surface area (Å²) in [6.45, 7) is 10.7. The zero-order valence-corrected chi connectivity index (χ0v) is 25.7. The molecule has 2 aromatic rings. The molecule has 41 heavy (non-hydrogen) atoms. The predicted octanol–water partition coefficient (Wildman–Crippen LogP) is 3.59. The summed E-state index contributed by atoms with van der Waals surface area (Å²) < 4.78 is 28.1. The minimum absolute atomic E-state index is 0.0568. The summed E-state index contributed by atoms with van der Waals surface area (Å²) in [6.07, 6.45) is 3.76. The van der Waals surface area contributed by atoms with Crippen molar-refractivity contribution in [3.63, 3.8) is 0 Å². The summed E-state index contributed by atoms with van der Waals surface area (Å²) >= 11 is 6.45. The highest BCUT2D eigenvalue weighted by atomic mass is 35.5. The highest BCUT2D eigenvalue weighted by Gasteiger charge is 2.44. The van der Waals surface area contributed by atoms with E-state index in [2.05, 4.69) is 9.88 Å². The maximum absolute atomic E-state index is 13.7. The van der Waals surface area contributed by atoms with E-state index >= 15 is 0 Å². The van der Waals surface area contributed by atoms with Gasteiger partial charge in [0, 0.05) is 75.6 Å². The lowest BCUT2D eigenvalue weighted by atomic mass is 9.94. The van der Waals surface area contributed by atoms with Gasteiger partial charge in [0.2, 0.25) is 21.8 Å². The minimum Gasteiger partial charge on any atom is -0.343 e. The van der Waals surface area contributed by atoms with Crippen molar-refractivity contribution >= 4 is 39.1 Å². The summed E-state index contributed by atoms with van der Waals surface area (Å²) in [4.78, 5) is 36.0. The Bertz CT molecular complexity index is 1380. The van der Waals surface area contributed by atoms with Crippen molar-refractivity contribution in [2.24, 2.45) is 17.8 Å². The Morgan fingerprint density at radius 2 is 1.73 bits per heavy atom. The molecule has 0 spiro atoms. The molecule has 4 heterocycles. The van der Waals surface area contributed by atoms with Crippen molar-refractivity contribution < 1.29 is 18.0 Å². The average Bonchev–Trinajstić information content (AvgIpc) is 3.52. The van der Waals surface area contributed by atoms with E-state index in [1.54, 1.807) is 36.5 Å². The number of benzene rings is 1. The number of aromatic nitrogens is 1. The molecule has 2 atom stereocenters. The Kier molecular flexibility index (Phi) is 9.04. The molecule has 3 aliphatic rings. The molecule has 222 valence electrons. The molecular formula is C30H40ClN5O4S. The van der Waals surface area contributed by atoms with Gasteiger partial charge in [0.05, 0.1) is 5.69 Å². The zero-order chi connectivity index (χ0) is 29.3. The first-order chi connectivity index (χ1) is 19.5. The summed E-state index contributed by atoms with van der Waals surface area (Å²) in [5.41, 5.74) is 2.31. The number of rotatable bonds is 8. The minimum atomic E-state index is -3.55. The summed E-state index contributed by atoms with van der Waals surface area (Å²) in [5, 5.41) is 0.639. The molecule has 0 radical (unpaired) electrons. The maximum Gasteiger partial charge on any atom is 0.244 e. The van der Waals surface area contributed by atoms with Gasteiger partial charge in [-0.25, -0.2) is 8.42 Å². The van der Waals surface area contributed by atoms with E-state index in [0.717, 1.165) is 37.3 Å². The molecule has 3 fully saturated rings. The van der Waals surface area contributed by atoms with E-state index in [9.17, 15) is 18.0 Å². The molecule has 1 aromatic carbocycles. The molecule has 5 rings (SSSR count). The Labute approximate surface area is 248 Å². The van der Waals surface area contributed by atoms with Crippen LogP contribution in [0.3, 0.4) is 0 Å². The van der Waals surface area contributed by atoms with Crippen LogP contribution in [0, 0.1) is 31.6 Å². The molecule has 0 N–H and O–H groups in total. The van der Waals surface area contributed by atoms with Crippen molar-refractivity contribution in [3.05, 3.63) is 52.8 Å². The Morgan fingerprint density at radius 3 is 2.34 bits per heavy atom. The summed E-state index contributed by atoms with van der Waals surface area (Å²) in [6, 6.07) is 9.09. The maximum atomic E-state index is 13.7. The van der Waals surface area contributed by atoms with Crippen molar-refractivity contribution in [2.75, 3.05) is 57.3 Å². The van der Waals surface area contributed by atoms with Crippen molar-refractivity contribution in [1.82, 2.24) is 19.1 Å². The van der Waals surface area contributed by atoms with Crippen LogP contribution in [0.2, 0.25) is 5.02 Å². The van der Waals surface area contributed by atoms with Gasteiger partial charge in [-0.3, -0.25) is 14.6 Å². The van der Waals surface area contributed by atoms with Crippen molar-refractivity contribution in [1.29, 1.82) is 0 Å². The lowest BCUT2D eigenvalue weighted by molar-refractivity contribution is -0.133. The monoisotopic (exact) mass is 601 g/mol. The number of piperidine rings is 1. The fraction of sp³-hybridized carbons (Fsp3) is 0.567. The van der Waals surface area contributed by atoms with Crippen LogP contribution in [-0.4, -0.2) is 91.7 Å². The number of halogens is 1. The van der Waals surface area contributed by atoms with Gasteiger partial charge in [-0.15, -0.1) is 0 Å². The van der Waals surface area contributed by atoms with Gasteiger partial charge in [0.1, 0.15) is 4.90 Å². The normalized spacial score (nSPS) is 22.2. The molecule has 0 saturated carbocycles. The Morgan fingerprint density at radius 1 is 1.05 bits per heavy atom. The van der Waals surface area contributed by atoms with E-state index in [-0.39, 0.29) is 17.7 Å². The first-order valence-corrected chi connectivity index (χ1v) is 16.3. The van der Waals surface area contributed by atoms with Gasteiger partial charge in [-0.1, -0.05) is 17.7 Å². The number of hydrogen-bond donors (Lipinski definition) is 0. The zero-order valence-electron chi connectivity index (χ0n) is 24.1. The molecule has 3 saturated heterocycles. The first kappa shape index (κ1) is 29.9. The van der Waals surface area contributed by atoms with Gasteiger partial charge >= 0.3 is 0 Å². The number of aryl methyl sites for hydroxylation is 2. The third kappa shape index (κ3) is 6.45. The van der Waals surface area contributed by atoms with Crippen LogP contribution in [-0.2, 0) is 19.6 Å². The lowest BCUT2D eigenvalue weighted by Gasteiger charge is -2.34. The molecular weight excluding hydrogens is 562 g/mol. The third-order valence-electron chi connectivity index (χ3n) is 8.98. The number of sulfonamides is 1. The van der Waals surface area contributed by atoms with Crippen LogP contribution in [0.5, 0.6) is 0 Å². The van der Waals surface area contributed by atoms with E-state index in [1.165, 1.54) is 0 Å². The van der Waals surface area contributed by atoms with Crippen LogP contribution < -0.4 is 4.90 Å². The lowest BCUT2D eigenvalue weighted by Crippen LogP contribution is -2.44. The molecule has 11 heteroatoms. The number of pyridine rings is 1. The van der Waals surface area contributed by atoms with Crippen LogP contribution in [0.4, 0.5) is 5.69 Å². The van der Waals surface area contributed by atoms with E-state index in [0.29, 0.717) is 73.0 Å². The molecule has 2 unspecified atom stereocenters. The molecule has 0 bridgehead atoms. The quantitative estimate of drug-likeness (QED) is 0.459. The number of amides is 2. The number of fused-ring (bicyclic) bond motifs is 1. The van der Waals surface area contributed by atoms with Crippen LogP contribution in [0.25, 0.3) is 0 Å². The topological polar surface area (TPSA) is 94.1 Å². The van der Waals surface area contributed by atoms with Gasteiger partial charge < -0.3 is 14.7 Å². The SMILES string of the molecule is CC(=O)N1CCC(C(=O)N(CCCN2CC3CN(S(=O)(=O)c4cccnc4C)CC3C2)c2ccc(C)c(Cl)c2)CC1. The smallest absolute Gasteiger partial charge is 0.244 e. The Hall–Kier alpha value is -2.53. The van der Waals surface area contributed by atoms with E-state index in [4.69, 9.17) is 11.6 Å². The predicted molar refractivity (Wildman–Crippen MR) is 159 cm³/mol. The van der Waals surface area contributed by atoms with E-state index < -0.39 is 10.0 Å². The molecule has 0 aliphatic carbocycles. The summed E-state index contributed by atoms with van der Waals surface area (Å²) in [7, 11) is -3.55. The number of hydrogen-bond acceptors (Lipinski definition) is 6. The number of carbonyl (C=O) groups is 2. The third-order valence-corrected chi connectivity index (χ3v) is 11.4. The fourth-order valence-corrected chi connectivity index (χ4v) is 8.44. The second-order valence-corrected chi connectivity index (χ2v) is 14.1. The number of anilines is 1. The standard InChI is InChI=1S/C30H40ClN5O4S/c1-21-7-8-27(16-28(21)31)36(30(38)24-9-14-34(15-10-24)23(3)37)13-5-12-33-17-25-19-35(20-26(25)18-33)41(39,40)29-6-4-11-32-22(29)2/h4,6-8,11,16,24-26H,5,9-10,12-15,17-20H2,1-3H3. The molecule has 3 aliphatic heterocycles. The van der Waals surface area contributed by atoms with Crippen LogP contribution in [0.1, 0.15) is 37.4 Å². The number of nitrogens with zero attached hydrogens (tertiary/aromatic N) is 5. The highest BCUT2D eigenvalue weighted by molar-refractivity contribution is 7.89. The number of carbonyl (C=O) groups excluding carboxylic acids is 2. The Balaban J connectivity index is 1.18. The average molecular weight is 602 g/mol. The highest BCUT2D eigenvalue weighted by Crippen LogP contribution is 2.35. The molecule has 1 aromatic heterocycles. The van der Waals surface area contributed by atoms with Crippen LogP contribution >= 0.6 is 11.6 Å². The molecule has 2 amide bonds. The van der Waals surface area contributed by atoms with Gasteiger partial charge in [-0.2, -0.15) is 4.31 Å². The second kappa shape index (κ2) is 12.4. The van der Waals surface area contributed by atoms with Crippen molar-refractivity contribution in [2.45, 2.75) is 44.9 Å². The van der Waals surface area contributed by atoms with Crippen LogP contribution in [0.15, 0.2) is 41.4 Å². The largest absolute Gasteiger partial charge is 0.343 e. The van der Waals surface area contributed by atoms with Gasteiger partial charge in [0.25, 0.3) is 0 Å². The summed E-state index contributed by atoms with van der Waals surface area (Å²) in [5.74, 6) is 0.649. The van der Waals surface area contributed by atoms with Crippen molar-refractivity contribution in [3.8, 4) is 0 Å². The molecule has 9 nitrogen and oxygen atoms in total.